The van der Waals surface area contributed by atoms with E-state index in [-0.39, 0.29) is 0 Å². The number of methoxy groups -OCH3 is 1. The van der Waals surface area contributed by atoms with E-state index >= 15 is 0 Å². The molecule has 1 aliphatic carbocycles. The highest BCUT2D eigenvalue weighted by Gasteiger charge is 2.41. The number of nitrogens with zero attached hydrogens (tertiary/aromatic N) is 4. The number of aromatic nitrogens is 4. The molecule has 0 unspecified atom stereocenters. The Hall–Kier alpha value is -3.22. The number of ether oxygens (including phenoxy) is 1. The molecule has 0 saturated heterocycles. The molecule has 7 heteroatoms. The molecule has 162 valence electrons. The lowest BCUT2D eigenvalue weighted by molar-refractivity contribution is 0.0600. The van der Waals surface area contributed by atoms with Crippen LogP contribution in [0.4, 0.5) is 5.69 Å². The molecule has 1 aliphatic rings. The van der Waals surface area contributed by atoms with E-state index in [1.807, 2.05) is 18.2 Å². The SMILES string of the molecule is COC(=O)c1ccccc1-n1nnnc1C1(Nc2cc(C)cc(C)c2)CCC(C)CC1. The van der Waals surface area contributed by atoms with Crippen molar-refractivity contribution in [3.8, 4) is 5.69 Å². The van der Waals surface area contributed by atoms with E-state index in [1.54, 1.807) is 10.7 Å². The highest BCUT2D eigenvalue weighted by molar-refractivity contribution is 5.93. The zero-order valence-electron chi connectivity index (χ0n) is 18.6. The Morgan fingerprint density at radius 3 is 2.48 bits per heavy atom. The Morgan fingerprint density at radius 2 is 1.81 bits per heavy atom. The van der Waals surface area contributed by atoms with Crippen molar-refractivity contribution in [1.29, 1.82) is 0 Å². The first-order valence-electron chi connectivity index (χ1n) is 10.7. The average molecular weight is 420 g/mol. The summed E-state index contributed by atoms with van der Waals surface area (Å²) in [6.07, 6.45) is 3.95. The third kappa shape index (κ3) is 4.17. The Labute approximate surface area is 182 Å². The third-order valence-electron chi connectivity index (χ3n) is 6.17. The fraction of sp³-hybridized carbons (Fsp3) is 0.417. The molecule has 1 heterocycles. The lowest BCUT2D eigenvalue weighted by Gasteiger charge is -2.40. The number of para-hydroxylation sites is 1. The molecule has 1 N–H and O–H groups in total. The lowest BCUT2D eigenvalue weighted by Crippen LogP contribution is -2.41. The summed E-state index contributed by atoms with van der Waals surface area (Å²) in [6.45, 7) is 6.49. The summed E-state index contributed by atoms with van der Waals surface area (Å²) in [4.78, 5) is 12.4. The number of carbonyl (C=O) groups excluding carboxylic acids is 1. The molecule has 1 saturated carbocycles. The minimum atomic E-state index is -0.431. The van der Waals surface area contributed by atoms with Crippen LogP contribution in [-0.4, -0.2) is 33.3 Å². The molecule has 0 spiro atoms. The van der Waals surface area contributed by atoms with E-state index in [9.17, 15) is 4.79 Å². The van der Waals surface area contributed by atoms with Crippen LogP contribution in [0, 0.1) is 19.8 Å². The van der Waals surface area contributed by atoms with E-state index in [4.69, 9.17) is 4.74 Å². The molecule has 1 fully saturated rings. The molecule has 0 atom stereocenters. The number of esters is 1. The highest BCUT2D eigenvalue weighted by Crippen LogP contribution is 2.42. The first-order chi connectivity index (χ1) is 14.9. The van der Waals surface area contributed by atoms with Crippen molar-refractivity contribution in [3.63, 3.8) is 0 Å². The van der Waals surface area contributed by atoms with Gasteiger partial charge in [0.2, 0.25) is 0 Å². The summed E-state index contributed by atoms with van der Waals surface area (Å²) < 4.78 is 6.68. The lowest BCUT2D eigenvalue weighted by atomic mass is 9.76. The van der Waals surface area contributed by atoms with Crippen LogP contribution in [0.3, 0.4) is 0 Å². The Bertz CT molecular complexity index is 1060. The average Bonchev–Trinajstić information content (AvgIpc) is 3.25. The normalized spacial score (nSPS) is 21.0. The summed E-state index contributed by atoms with van der Waals surface area (Å²) >= 11 is 0. The summed E-state index contributed by atoms with van der Waals surface area (Å²) in [7, 11) is 1.38. The minimum absolute atomic E-state index is 0.411. The van der Waals surface area contributed by atoms with Gasteiger partial charge >= 0.3 is 5.97 Å². The monoisotopic (exact) mass is 419 g/mol. The van der Waals surface area contributed by atoms with Gasteiger partial charge in [0.25, 0.3) is 0 Å². The van der Waals surface area contributed by atoms with Crippen LogP contribution < -0.4 is 5.32 Å². The highest BCUT2D eigenvalue weighted by atomic mass is 16.5. The molecule has 1 aromatic heterocycles. The van der Waals surface area contributed by atoms with Gasteiger partial charge in [-0.15, -0.1) is 5.10 Å². The van der Waals surface area contributed by atoms with Gasteiger partial charge in [-0.2, -0.15) is 4.68 Å². The second-order valence-electron chi connectivity index (χ2n) is 8.69. The van der Waals surface area contributed by atoms with Crippen molar-refractivity contribution in [1.82, 2.24) is 20.2 Å². The van der Waals surface area contributed by atoms with Crippen LogP contribution >= 0.6 is 0 Å². The molecule has 3 aromatic rings. The van der Waals surface area contributed by atoms with Gasteiger partial charge in [-0.1, -0.05) is 25.1 Å². The van der Waals surface area contributed by atoms with E-state index in [0.29, 0.717) is 17.2 Å². The number of hydrogen-bond acceptors (Lipinski definition) is 6. The zero-order chi connectivity index (χ0) is 22.0. The standard InChI is InChI=1S/C24H29N5O2/c1-16-9-11-24(12-10-16,25-19-14-17(2)13-18(3)15-19)23-26-27-28-29(23)21-8-6-5-7-20(21)22(30)31-4/h5-8,13-16,25H,9-12H2,1-4H3. The smallest absolute Gasteiger partial charge is 0.340 e. The summed E-state index contributed by atoms with van der Waals surface area (Å²) in [5.41, 5.74) is 4.09. The van der Waals surface area contributed by atoms with Crippen molar-refractivity contribution < 1.29 is 9.53 Å². The first kappa shape index (κ1) is 21.0. The van der Waals surface area contributed by atoms with Crippen LogP contribution in [0.5, 0.6) is 0 Å². The number of aryl methyl sites for hydroxylation is 2. The second-order valence-corrected chi connectivity index (χ2v) is 8.69. The summed E-state index contributed by atoms with van der Waals surface area (Å²) in [5, 5.41) is 16.6. The van der Waals surface area contributed by atoms with Crippen molar-refractivity contribution in [2.24, 2.45) is 5.92 Å². The number of nitrogens with one attached hydrogen (secondary N) is 1. The Kier molecular flexibility index (Phi) is 5.76. The topological polar surface area (TPSA) is 81.9 Å². The maximum atomic E-state index is 12.4. The van der Waals surface area contributed by atoms with Gasteiger partial charge in [0.05, 0.1) is 23.9 Å². The van der Waals surface area contributed by atoms with Gasteiger partial charge in [0, 0.05) is 5.69 Å². The van der Waals surface area contributed by atoms with Gasteiger partial charge in [0.15, 0.2) is 5.82 Å². The predicted octanol–water partition coefficient (Wildman–Crippen LogP) is 4.58. The van der Waals surface area contributed by atoms with E-state index < -0.39 is 11.5 Å². The van der Waals surface area contributed by atoms with E-state index in [1.165, 1.54) is 18.2 Å². The number of hydrogen-bond donors (Lipinski definition) is 1. The van der Waals surface area contributed by atoms with Gasteiger partial charge in [-0.05, 0) is 91.3 Å². The molecule has 2 aromatic carbocycles. The first-order valence-corrected chi connectivity index (χ1v) is 10.7. The Morgan fingerprint density at radius 1 is 1.13 bits per heavy atom. The van der Waals surface area contributed by atoms with Crippen LogP contribution in [0.15, 0.2) is 42.5 Å². The summed E-state index contributed by atoms with van der Waals surface area (Å²) in [5.74, 6) is 0.960. The van der Waals surface area contributed by atoms with Gasteiger partial charge < -0.3 is 10.1 Å². The van der Waals surface area contributed by atoms with Crippen LogP contribution in [0.1, 0.15) is 59.9 Å². The van der Waals surface area contributed by atoms with Crippen LogP contribution in [0.2, 0.25) is 0 Å². The molecule has 4 rings (SSSR count). The molecular weight excluding hydrogens is 390 g/mol. The van der Waals surface area contributed by atoms with E-state index in [2.05, 4.69) is 59.8 Å². The van der Waals surface area contributed by atoms with Gasteiger partial charge in [-0.25, -0.2) is 4.79 Å². The van der Waals surface area contributed by atoms with Gasteiger partial charge in [0.1, 0.15) is 0 Å². The van der Waals surface area contributed by atoms with Crippen LogP contribution in [0.25, 0.3) is 5.69 Å². The minimum Gasteiger partial charge on any atom is -0.465 e. The Balaban J connectivity index is 1.82. The number of rotatable bonds is 5. The molecule has 0 bridgehead atoms. The van der Waals surface area contributed by atoms with E-state index in [0.717, 1.165) is 37.2 Å². The molecular formula is C24H29N5O2. The third-order valence-corrected chi connectivity index (χ3v) is 6.17. The molecule has 0 aliphatic heterocycles. The fourth-order valence-corrected chi connectivity index (χ4v) is 4.57. The predicted molar refractivity (Wildman–Crippen MR) is 119 cm³/mol. The maximum Gasteiger partial charge on any atom is 0.340 e. The molecule has 0 radical (unpaired) electrons. The quantitative estimate of drug-likeness (QED) is 0.610. The number of anilines is 1. The largest absolute Gasteiger partial charge is 0.465 e. The summed E-state index contributed by atoms with van der Waals surface area (Å²) in [6, 6.07) is 13.7. The molecule has 0 amide bonds. The number of carbonyl (C=O) groups is 1. The second kappa shape index (κ2) is 8.49. The van der Waals surface area contributed by atoms with Crippen molar-refractivity contribution >= 4 is 11.7 Å². The van der Waals surface area contributed by atoms with Gasteiger partial charge in [-0.3, -0.25) is 0 Å². The number of tetrazole rings is 1. The number of benzene rings is 2. The molecule has 7 nitrogen and oxygen atoms in total. The van der Waals surface area contributed by atoms with Crippen LogP contribution in [-0.2, 0) is 10.3 Å². The van der Waals surface area contributed by atoms with Crippen molar-refractivity contribution in [2.45, 2.75) is 52.0 Å². The molecule has 31 heavy (non-hydrogen) atoms. The van der Waals surface area contributed by atoms with Crippen molar-refractivity contribution in [2.75, 3.05) is 12.4 Å². The fourth-order valence-electron chi connectivity index (χ4n) is 4.57. The zero-order valence-corrected chi connectivity index (χ0v) is 18.6. The maximum absolute atomic E-state index is 12.4. The van der Waals surface area contributed by atoms with Crippen molar-refractivity contribution in [3.05, 3.63) is 65.0 Å².